The first-order valence-corrected chi connectivity index (χ1v) is 6.55. The molecule has 19 heavy (non-hydrogen) atoms. The van der Waals surface area contributed by atoms with E-state index in [1.165, 1.54) is 11.6 Å². The maximum atomic E-state index is 13.3. The molecular formula is C15H16FN3. The van der Waals surface area contributed by atoms with Gasteiger partial charge in [-0.1, -0.05) is 6.92 Å². The number of rotatable bonds is 2. The highest BCUT2D eigenvalue weighted by molar-refractivity contribution is 5.57. The Morgan fingerprint density at radius 1 is 1.26 bits per heavy atom. The molecule has 2 aromatic rings. The summed E-state index contributed by atoms with van der Waals surface area (Å²) in [5, 5.41) is 3.30. The Morgan fingerprint density at radius 2 is 2.11 bits per heavy atom. The molecule has 98 valence electrons. The first-order chi connectivity index (χ1) is 9.19. The van der Waals surface area contributed by atoms with Crippen LogP contribution in [0, 0.1) is 12.7 Å². The molecule has 1 aromatic heterocycles. The number of aromatic nitrogens is 2. The quantitative estimate of drug-likeness (QED) is 0.899. The van der Waals surface area contributed by atoms with Crippen molar-refractivity contribution in [3.8, 4) is 11.4 Å². The van der Waals surface area contributed by atoms with Gasteiger partial charge in [-0.3, -0.25) is 0 Å². The lowest BCUT2D eigenvalue weighted by Gasteiger charge is -2.09. The molecule has 2 heterocycles. The number of fused-ring (bicyclic) bond motifs is 1. The molecule has 0 spiro atoms. The zero-order valence-electron chi connectivity index (χ0n) is 11.1. The summed E-state index contributed by atoms with van der Waals surface area (Å²) in [7, 11) is 0. The molecule has 3 nitrogen and oxygen atoms in total. The SMILES string of the molecule is CCc1nc(-c2ccc(F)c(C)c2)nc2c1CNC2. The maximum absolute atomic E-state index is 13.3. The lowest BCUT2D eigenvalue weighted by atomic mass is 10.1. The number of halogens is 1. The topological polar surface area (TPSA) is 37.8 Å². The molecule has 0 unspecified atom stereocenters. The lowest BCUT2D eigenvalue weighted by molar-refractivity contribution is 0.618. The third kappa shape index (κ3) is 2.12. The van der Waals surface area contributed by atoms with E-state index in [0.717, 1.165) is 36.5 Å². The normalized spacial score (nSPS) is 13.6. The summed E-state index contributed by atoms with van der Waals surface area (Å²) in [4.78, 5) is 9.24. The Labute approximate surface area is 111 Å². The van der Waals surface area contributed by atoms with E-state index in [-0.39, 0.29) is 5.82 Å². The van der Waals surface area contributed by atoms with E-state index >= 15 is 0 Å². The van der Waals surface area contributed by atoms with Gasteiger partial charge in [0, 0.05) is 29.9 Å². The standard InChI is InChI=1S/C15H16FN3/c1-3-13-11-7-17-8-14(11)19-15(18-13)10-4-5-12(16)9(2)6-10/h4-6,17H,3,7-8H2,1-2H3. The van der Waals surface area contributed by atoms with Crippen molar-refractivity contribution in [3.63, 3.8) is 0 Å². The highest BCUT2D eigenvalue weighted by Gasteiger charge is 2.18. The van der Waals surface area contributed by atoms with Gasteiger partial charge in [0.2, 0.25) is 0 Å². The van der Waals surface area contributed by atoms with Gasteiger partial charge in [-0.2, -0.15) is 0 Å². The van der Waals surface area contributed by atoms with Crippen LogP contribution in [0.3, 0.4) is 0 Å². The molecule has 0 amide bonds. The van der Waals surface area contributed by atoms with Gasteiger partial charge in [0.1, 0.15) is 5.82 Å². The predicted molar refractivity (Wildman–Crippen MR) is 72.1 cm³/mol. The van der Waals surface area contributed by atoms with Crippen LogP contribution in [0.4, 0.5) is 4.39 Å². The second-order valence-corrected chi connectivity index (χ2v) is 4.84. The van der Waals surface area contributed by atoms with Crippen LogP contribution in [-0.2, 0) is 19.5 Å². The second kappa shape index (κ2) is 4.70. The highest BCUT2D eigenvalue weighted by atomic mass is 19.1. The number of benzene rings is 1. The highest BCUT2D eigenvalue weighted by Crippen LogP contribution is 2.24. The summed E-state index contributed by atoms with van der Waals surface area (Å²) in [6.45, 7) is 5.49. The van der Waals surface area contributed by atoms with Crippen LogP contribution in [-0.4, -0.2) is 9.97 Å². The fourth-order valence-electron chi connectivity index (χ4n) is 2.44. The summed E-state index contributed by atoms with van der Waals surface area (Å²) < 4.78 is 13.3. The number of nitrogens with zero attached hydrogens (tertiary/aromatic N) is 2. The first-order valence-electron chi connectivity index (χ1n) is 6.55. The van der Waals surface area contributed by atoms with Crippen LogP contribution in [0.2, 0.25) is 0 Å². The Kier molecular flexibility index (Phi) is 3.03. The van der Waals surface area contributed by atoms with Crippen LogP contribution in [0.25, 0.3) is 11.4 Å². The van der Waals surface area contributed by atoms with Gasteiger partial charge in [-0.25, -0.2) is 14.4 Å². The minimum Gasteiger partial charge on any atom is -0.307 e. The third-order valence-electron chi connectivity index (χ3n) is 3.52. The smallest absolute Gasteiger partial charge is 0.159 e. The van der Waals surface area contributed by atoms with Crippen molar-refractivity contribution in [2.75, 3.05) is 0 Å². The fourth-order valence-corrected chi connectivity index (χ4v) is 2.44. The molecule has 3 rings (SSSR count). The molecule has 1 aliphatic heterocycles. The van der Waals surface area contributed by atoms with Gasteiger partial charge in [0.15, 0.2) is 5.82 Å². The van der Waals surface area contributed by atoms with Crippen molar-refractivity contribution in [2.24, 2.45) is 0 Å². The predicted octanol–water partition coefficient (Wildman–Crippen LogP) is 2.76. The van der Waals surface area contributed by atoms with Gasteiger partial charge in [0.05, 0.1) is 5.69 Å². The maximum Gasteiger partial charge on any atom is 0.159 e. The monoisotopic (exact) mass is 257 g/mol. The number of aryl methyl sites for hydroxylation is 2. The average molecular weight is 257 g/mol. The zero-order valence-corrected chi connectivity index (χ0v) is 11.1. The first kappa shape index (κ1) is 12.2. The zero-order chi connectivity index (χ0) is 13.4. The van der Waals surface area contributed by atoms with Crippen molar-refractivity contribution >= 4 is 0 Å². The van der Waals surface area contributed by atoms with Gasteiger partial charge in [-0.15, -0.1) is 0 Å². The van der Waals surface area contributed by atoms with Gasteiger partial charge >= 0.3 is 0 Å². The van der Waals surface area contributed by atoms with E-state index in [4.69, 9.17) is 0 Å². The molecule has 4 heteroatoms. The van der Waals surface area contributed by atoms with Crippen LogP contribution in [0.1, 0.15) is 29.4 Å². The molecule has 0 fully saturated rings. The minimum absolute atomic E-state index is 0.192. The van der Waals surface area contributed by atoms with Gasteiger partial charge < -0.3 is 5.32 Å². The van der Waals surface area contributed by atoms with E-state index in [1.807, 2.05) is 0 Å². The Hall–Kier alpha value is -1.81. The Morgan fingerprint density at radius 3 is 2.84 bits per heavy atom. The van der Waals surface area contributed by atoms with E-state index in [2.05, 4.69) is 22.2 Å². The second-order valence-electron chi connectivity index (χ2n) is 4.84. The summed E-state index contributed by atoms with van der Waals surface area (Å²) in [5.74, 6) is 0.504. The molecule has 1 aromatic carbocycles. The molecular weight excluding hydrogens is 241 g/mol. The van der Waals surface area contributed by atoms with Crippen LogP contribution in [0.15, 0.2) is 18.2 Å². The molecule has 0 aliphatic carbocycles. The molecule has 0 saturated carbocycles. The minimum atomic E-state index is -0.192. The fraction of sp³-hybridized carbons (Fsp3) is 0.333. The molecule has 0 radical (unpaired) electrons. The van der Waals surface area contributed by atoms with Crippen LogP contribution < -0.4 is 5.32 Å². The molecule has 0 atom stereocenters. The summed E-state index contributed by atoms with van der Waals surface area (Å²) in [5.41, 5.74) is 4.89. The van der Waals surface area contributed by atoms with Gasteiger partial charge in [0.25, 0.3) is 0 Å². The molecule has 0 saturated heterocycles. The molecule has 1 aliphatic rings. The van der Waals surface area contributed by atoms with E-state index in [9.17, 15) is 4.39 Å². The van der Waals surface area contributed by atoms with Crippen molar-refractivity contribution in [2.45, 2.75) is 33.4 Å². The number of hydrogen-bond acceptors (Lipinski definition) is 3. The Bertz CT molecular complexity index is 638. The van der Waals surface area contributed by atoms with Crippen molar-refractivity contribution < 1.29 is 4.39 Å². The van der Waals surface area contributed by atoms with Crippen LogP contribution in [0.5, 0.6) is 0 Å². The van der Waals surface area contributed by atoms with E-state index in [1.54, 1.807) is 19.1 Å². The molecule has 1 N–H and O–H groups in total. The van der Waals surface area contributed by atoms with Crippen LogP contribution >= 0.6 is 0 Å². The lowest BCUT2D eigenvalue weighted by Crippen LogP contribution is -2.03. The summed E-state index contributed by atoms with van der Waals surface area (Å²) in [6.07, 6.45) is 0.889. The largest absolute Gasteiger partial charge is 0.307 e. The summed E-state index contributed by atoms with van der Waals surface area (Å²) >= 11 is 0. The van der Waals surface area contributed by atoms with Crippen molar-refractivity contribution in [1.82, 2.24) is 15.3 Å². The average Bonchev–Trinajstić information content (AvgIpc) is 2.89. The number of hydrogen-bond donors (Lipinski definition) is 1. The van der Waals surface area contributed by atoms with Crippen molar-refractivity contribution in [1.29, 1.82) is 0 Å². The van der Waals surface area contributed by atoms with E-state index in [0.29, 0.717) is 11.4 Å². The molecule has 0 bridgehead atoms. The van der Waals surface area contributed by atoms with E-state index < -0.39 is 0 Å². The number of nitrogens with one attached hydrogen (secondary N) is 1. The third-order valence-corrected chi connectivity index (χ3v) is 3.52. The van der Waals surface area contributed by atoms with Crippen molar-refractivity contribution in [3.05, 3.63) is 46.5 Å². The summed E-state index contributed by atoms with van der Waals surface area (Å²) in [6, 6.07) is 5.02. The Balaban J connectivity index is 2.12. The van der Waals surface area contributed by atoms with Gasteiger partial charge in [-0.05, 0) is 37.1 Å².